The average molecular weight is 463 g/mol. The molecule has 3 aliphatic heterocycles. The Morgan fingerprint density at radius 1 is 1.18 bits per heavy atom. The topological polar surface area (TPSA) is 139 Å². The minimum absolute atomic E-state index is 0.207. The highest BCUT2D eigenvalue weighted by Gasteiger charge is 2.32. The summed E-state index contributed by atoms with van der Waals surface area (Å²) in [5, 5.41) is 30.5. The number of aliphatic hydroxyl groups is 2. The fraction of sp³-hybridized carbons (Fsp3) is 0.391. The molecule has 0 bridgehead atoms. The molecule has 0 radical (unpaired) electrons. The zero-order valence-electron chi connectivity index (χ0n) is 18.5. The van der Waals surface area contributed by atoms with Gasteiger partial charge in [-0.05, 0) is 25.0 Å². The van der Waals surface area contributed by atoms with E-state index in [2.05, 4.69) is 20.7 Å². The molecule has 0 aromatic carbocycles. The van der Waals surface area contributed by atoms with Gasteiger partial charge in [-0.1, -0.05) is 0 Å². The molecule has 1 unspecified atom stereocenters. The van der Waals surface area contributed by atoms with Gasteiger partial charge in [0.25, 0.3) is 5.91 Å². The average Bonchev–Trinajstić information content (AvgIpc) is 3.58. The number of hydrogen-bond donors (Lipinski definition) is 4. The first-order valence-electron chi connectivity index (χ1n) is 11.3. The van der Waals surface area contributed by atoms with E-state index in [-0.39, 0.29) is 18.0 Å². The number of anilines is 1. The van der Waals surface area contributed by atoms with E-state index >= 15 is 0 Å². The SMILES string of the molecule is CNc1cc(-c2cnc3n([C@H]4COC[C@@H]4O)cccc2-3)nc2c(C(=O)NC3CC[C@H]3O)cnn12. The number of amides is 1. The molecule has 1 saturated heterocycles. The molecule has 2 aromatic rings. The highest BCUT2D eigenvalue weighted by Crippen LogP contribution is 2.36. The van der Waals surface area contributed by atoms with Crippen molar-refractivity contribution in [3.05, 3.63) is 42.4 Å². The van der Waals surface area contributed by atoms with Crippen LogP contribution < -0.4 is 10.6 Å². The van der Waals surface area contributed by atoms with Gasteiger partial charge in [0.05, 0.1) is 43.3 Å². The molecule has 1 aliphatic carbocycles. The molecule has 34 heavy (non-hydrogen) atoms. The predicted octanol–water partition coefficient (Wildman–Crippen LogP) is 0.925. The first-order valence-corrected chi connectivity index (χ1v) is 11.3. The van der Waals surface area contributed by atoms with Crippen LogP contribution in [-0.4, -0.2) is 78.8 Å². The van der Waals surface area contributed by atoms with Gasteiger partial charge in [0.2, 0.25) is 0 Å². The van der Waals surface area contributed by atoms with Crippen LogP contribution in [0.2, 0.25) is 0 Å². The Bertz CT molecular complexity index is 1350. The van der Waals surface area contributed by atoms with E-state index in [1.807, 2.05) is 29.0 Å². The fourth-order valence-corrected chi connectivity index (χ4v) is 4.66. The van der Waals surface area contributed by atoms with Gasteiger partial charge in [0.1, 0.15) is 23.3 Å². The van der Waals surface area contributed by atoms with E-state index in [1.54, 1.807) is 17.8 Å². The van der Waals surface area contributed by atoms with E-state index in [1.165, 1.54) is 6.20 Å². The van der Waals surface area contributed by atoms with Crippen LogP contribution in [0, 0.1) is 0 Å². The lowest BCUT2D eigenvalue weighted by molar-refractivity contribution is 0.0448. The third-order valence-corrected chi connectivity index (χ3v) is 6.78. The van der Waals surface area contributed by atoms with E-state index in [0.717, 1.165) is 23.4 Å². The van der Waals surface area contributed by atoms with Crippen molar-refractivity contribution in [2.75, 3.05) is 25.6 Å². The molecule has 5 heterocycles. The third-order valence-electron chi connectivity index (χ3n) is 6.78. The lowest BCUT2D eigenvalue weighted by Crippen LogP contribution is -2.50. The van der Waals surface area contributed by atoms with Crippen molar-refractivity contribution < 1.29 is 19.7 Å². The molecular weight excluding hydrogens is 438 g/mol. The summed E-state index contributed by atoms with van der Waals surface area (Å²) in [7, 11) is 1.78. The maximum absolute atomic E-state index is 12.9. The van der Waals surface area contributed by atoms with Crippen LogP contribution in [0.15, 0.2) is 36.8 Å². The number of nitrogens with one attached hydrogen (secondary N) is 2. The molecule has 1 amide bonds. The molecule has 11 nitrogen and oxygen atoms in total. The van der Waals surface area contributed by atoms with Crippen molar-refractivity contribution in [3.63, 3.8) is 0 Å². The van der Waals surface area contributed by atoms with Crippen molar-refractivity contribution in [2.24, 2.45) is 0 Å². The first kappa shape index (κ1) is 21.0. The molecular formula is C23H25N7O4. The predicted molar refractivity (Wildman–Crippen MR) is 123 cm³/mol. The van der Waals surface area contributed by atoms with Crippen LogP contribution in [0.25, 0.3) is 28.3 Å². The van der Waals surface area contributed by atoms with Gasteiger partial charge in [-0.3, -0.25) is 4.79 Å². The molecule has 2 fully saturated rings. The Morgan fingerprint density at radius 3 is 2.76 bits per heavy atom. The molecule has 11 heteroatoms. The normalized spacial score (nSPS) is 24.4. The van der Waals surface area contributed by atoms with E-state index in [4.69, 9.17) is 9.72 Å². The number of aliphatic hydroxyl groups excluding tert-OH is 2. The standard InChI is InChI=1S/C23H25N7O4/c1-24-20-7-16(27-22-14(9-26-30(20)22)23(33)28-15-4-5-18(15)31)13-8-25-21-12(13)3-2-6-29(21)17-10-34-11-19(17)32/h2-3,6-9,15,17-19,24,31-32H,4-5,10-11H2,1H3,(H,28,33)/t15?,17-,18+,19-/m0/s1. The van der Waals surface area contributed by atoms with Crippen LogP contribution in [0.4, 0.5) is 5.82 Å². The van der Waals surface area contributed by atoms with E-state index < -0.39 is 12.2 Å². The highest BCUT2D eigenvalue weighted by atomic mass is 16.5. The zero-order chi connectivity index (χ0) is 23.4. The number of aromatic nitrogens is 5. The smallest absolute Gasteiger partial charge is 0.257 e. The van der Waals surface area contributed by atoms with Crippen LogP contribution in [0.1, 0.15) is 29.2 Å². The number of ether oxygens (including phenoxy) is 1. The first-order chi connectivity index (χ1) is 16.5. The minimum Gasteiger partial charge on any atom is -0.391 e. The second kappa shape index (κ2) is 8.05. The summed E-state index contributed by atoms with van der Waals surface area (Å²) in [6.07, 6.45) is 5.46. The van der Waals surface area contributed by atoms with Crippen molar-refractivity contribution >= 4 is 17.4 Å². The zero-order valence-corrected chi connectivity index (χ0v) is 18.5. The summed E-state index contributed by atoms with van der Waals surface area (Å²) in [6.45, 7) is 0.723. The lowest BCUT2D eigenvalue weighted by Gasteiger charge is -2.32. The maximum atomic E-state index is 12.9. The second-order valence-electron chi connectivity index (χ2n) is 8.79. The third kappa shape index (κ3) is 3.23. The van der Waals surface area contributed by atoms with Gasteiger partial charge in [-0.2, -0.15) is 9.61 Å². The number of fused-ring (bicyclic) bond motifs is 2. The largest absolute Gasteiger partial charge is 0.391 e. The number of carbonyl (C=O) groups excluding carboxylic acids is 1. The summed E-state index contributed by atoms with van der Waals surface area (Å²) in [5.41, 5.74) is 3.06. The summed E-state index contributed by atoms with van der Waals surface area (Å²) in [4.78, 5) is 22.3. The molecule has 0 spiro atoms. The fourth-order valence-electron chi connectivity index (χ4n) is 4.66. The number of rotatable bonds is 5. The lowest BCUT2D eigenvalue weighted by atomic mass is 9.89. The minimum atomic E-state index is -0.594. The quantitative estimate of drug-likeness (QED) is 0.343. The Balaban J connectivity index is 1.41. The van der Waals surface area contributed by atoms with E-state index in [0.29, 0.717) is 42.4 Å². The second-order valence-corrected chi connectivity index (χ2v) is 8.79. The summed E-state index contributed by atoms with van der Waals surface area (Å²) < 4.78 is 8.96. The molecule has 1 saturated carbocycles. The highest BCUT2D eigenvalue weighted by molar-refractivity contribution is 6.00. The summed E-state index contributed by atoms with van der Waals surface area (Å²) >= 11 is 0. The Morgan fingerprint density at radius 2 is 2.06 bits per heavy atom. The Labute approximate surface area is 194 Å². The molecule has 4 aliphatic rings. The van der Waals surface area contributed by atoms with Gasteiger partial charge in [-0.25, -0.2) is 9.97 Å². The number of pyridine rings is 1. The molecule has 6 rings (SSSR count). The van der Waals surface area contributed by atoms with Gasteiger partial charge in [0.15, 0.2) is 5.65 Å². The van der Waals surface area contributed by atoms with Gasteiger partial charge in [-0.15, -0.1) is 0 Å². The van der Waals surface area contributed by atoms with Crippen molar-refractivity contribution in [1.82, 2.24) is 29.5 Å². The van der Waals surface area contributed by atoms with Crippen LogP contribution in [0.3, 0.4) is 0 Å². The monoisotopic (exact) mass is 463 g/mol. The van der Waals surface area contributed by atoms with Crippen LogP contribution >= 0.6 is 0 Å². The van der Waals surface area contributed by atoms with Crippen molar-refractivity contribution in [3.8, 4) is 22.6 Å². The summed E-state index contributed by atoms with van der Waals surface area (Å²) in [5.74, 6) is 1.08. The number of hydrogen-bond acceptors (Lipinski definition) is 8. The van der Waals surface area contributed by atoms with Crippen molar-refractivity contribution in [2.45, 2.75) is 37.1 Å². The molecule has 2 aromatic heterocycles. The maximum Gasteiger partial charge on any atom is 0.257 e. The van der Waals surface area contributed by atoms with Crippen molar-refractivity contribution in [1.29, 1.82) is 0 Å². The van der Waals surface area contributed by atoms with Crippen LogP contribution in [-0.2, 0) is 4.74 Å². The molecule has 176 valence electrons. The van der Waals surface area contributed by atoms with Gasteiger partial charge in [0, 0.05) is 36.6 Å². The van der Waals surface area contributed by atoms with Gasteiger partial charge < -0.3 is 30.2 Å². The molecule has 4 atom stereocenters. The Kier molecular flexibility index (Phi) is 4.97. The molecule has 4 N–H and O–H groups in total. The number of nitrogens with zero attached hydrogens (tertiary/aromatic N) is 5. The van der Waals surface area contributed by atoms with Gasteiger partial charge >= 0.3 is 0 Å². The van der Waals surface area contributed by atoms with Crippen LogP contribution in [0.5, 0.6) is 0 Å². The number of carbonyl (C=O) groups is 1. The Hall–Kier alpha value is -3.54. The summed E-state index contributed by atoms with van der Waals surface area (Å²) in [6, 6.07) is 5.28. The van der Waals surface area contributed by atoms with E-state index in [9.17, 15) is 15.0 Å².